The molecule has 0 radical (unpaired) electrons. The lowest BCUT2D eigenvalue weighted by Gasteiger charge is -2.13. The quantitative estimate of drug-likeness (QED) is 0.732. The number of aromatic nitrogens is 2. The standard InChI is InChI=1S/C17H17N3O/c1-11(2)13-5-3-4-6-16(13)21-17-14-9-12(18)7-8-15(14)19-10-20-17/h3-11H,18H2,1-2H3. The first kappa shape index (κ1) is 13.4. The summed E-state index contributed by atoms with van der Waals surface area (Å²) in [5, 5.41) is 0.816. The lowest BCUT2D eigenvalue weighted by molar-refractivity contribution is 0.459. The minimum absolute atomic E-state index is 0.374. The van der Waals surface area contributed by atoms with Gasteiger partial charge in [0.15, 0.2) is 0 Å². The number of ether oxygens (including phenoxy) is 1. The number of para-hydroxylation sites is 1. The molecule has 2 N–H and O–H groups in total. The van der Waals surface area contributed by atoms with Crippen molar-refractivity contribution in [1.82, 2.24) is 9.97 Å². The van der Waals surface area contributed by atoms with Gasteiger partial charge in [-0.25, -0.2) is 9.97 Å². The fraction of sp³-hybridized carbons (Fsp3) is 0.176. The van der Waals surface area contributed by atoms with E-state index in [1.165, 1.54) is 6.33 Å². The highest BCUT2D eigenvalue weighted by molar-refractivity contribution is 5.86. The molecule has 0 spiro atoms. The highest BCUT2D eigenvalue weighted by Crippen LogP contribution is 2.32. The number of anilines is 1. The summed E-state index contributed by atoms with van der Waals surface area (Å²) in [5.41, 5.74) is 8.48. The van der Waals surface area contributed by atoms with Crippen LogP contribution in [-0.4, -0.2) is 9.97 Å². The predicted molar refractivity (Wildman–Crippen MR) is 84.6 cm³/mol. The number of nitrogens with two attached hydrogens (primary N) is 1. The van der Waals surface area contributed by atoms with E-state index in [0.717, 1.165) is 22.2 Å². The third-order valence-electron chi connectivity index (χ3n) is 3.37. The summed E-state index contributed by atoms with van der Waals surface area (Å²) in [5.74, 6) is 1.72. The Morgan fingerprint density at radius 3 is 2.67 bits per heavy atom. The maximum atomic E-state index is 6.03. The summed E-state index contributed by atoms with van der Waals surface area (Å²) in [7, 11) is 0. The Balaban J connectivity index is 2.08. The second kappa shape index (κ2) is 5.40. The summed E-state index contributed by atoms with van der Waals surface area (Å²) in [6, 6.07) is 13.5. The molecule has 1 heterocycles. The molecule has 1 aromatic heterocycles. The van der Waals surface area contributed by atoms with Gasteiger partial charge in [-0.15, -0.1) is 0 Å². The van der Waals surface area contributed by atoms with E-state index in [1.807, 2.05) is 36.4 Å². The monoisotopic (exact) mass is 279 g/mol. The Hall–Kier alpha value is -2.62. The van der Waals surface area contributed by atoms with Crippen molar-refractivity contribution < 1.29 is 4.74 Å². The normalized spacial score (nSPS) is 11.0. The molecule has 0 atom stereocenters. The number of benzene rings is 2. The van der Waals surface area contributed by atoms with Crippen LogP contribution in [-0.2, 0) is 0 Å². The number of nitrogen functional groups attached to an aromatic ring is 1. The topological polar surface area (TPSA) is 61.0 Å². The van der Waals surface area contributed by atoms with Crippen LogP contribution in [0.1, 0.15) is 25.3 Å². The number of fused-ring (bicyclic) bond motifs is 1. The zero-order valence-corrected chi connectivity index (χ0v) is 12.1. The van der Waals surface area contributed by atoms with Crippen LogP contribution >= 0.6 is 0 Å². The van der Waals surface area contributed by atoms with Crippen molar-refractivity contribution in [2.45, 2.75) is 19.8 Å². The molecule has 0 amide bonds. The second-order valence-corrected chi connectivity index (χ2v) is 5.25. The molecular formula is C17H17N3O. The van der Waals surface area contributed by atoms with Crippen molar-refractivity contribution >= 4 is 16.6 Å². The average molecular weight is 279 g/mol. The van der Waals surface area contributed by atoms with E-state index in [2.05, 4.69) is 29.9 Å². The van der Waals surface area contributed by atoms with Crippen LogP contribution in [0.4, 0.5) is 5.69 Å². The Labute approximate surface area is 123 Å². The van der Waals surface area contributed by atoms with E-state index in [9.17, 15) is 0 Å². The molecule has 0 bridgehead atoms. The van der Waals surface area contributed by atoms with E-state index in [1.54, 1.807) is 0 Å². The van der Waals surface area contributed by atoms with Gasteiger partial charge in [0.25, 0.3) is 0 Å². The molecule has 2 aromatic carbocycles. The molecule has 0 saturated heterocycles. The SMILES string of the molecule is CC(C)c1ccccc1Oc1ncnc2ccc(N)cc12. The number of rotatable bonds is 3. The predicted octanol–water partition coefficient (Wildman–Crippen LogP) is 4.13. The van der Waals surface area contributed by atoms with Crippen molar-refractivity contribution in [2.24, 2.45) is 0 Å². The fourth-order valence-corrected chi connectivity index (χ4v) is 2.29. The van der Waals surface area contributed by atoms with Crippen LogP contribution in [0.25, 0.3) is 10.9 Å². The maximum absolute atomic E-state index is 6.03. The maximum Gasteiger partial charge on any atom is 0.230 e. The van der Waals surface area contributed by atoms with E-state index >= 15 is 0 Å². The van der Waals surface area contributed by atoms with Gasteiger partial charge in [-0.1, -0.05) is 32.0 Å². The van der Waals surface area contributed by atoms with Gasteiger partial charge in [-0.2, -0.15) is 0 Å². The van der Waals surface area contributed by atoms with Crippen molar-refractivity contribution in [1.29, 1.82) is 0 Å². The summed E-state index contributed by atoms with van der Waals surface area (Å²) in [4.78, 5) is 8.49. The third kappa shape index (κ3) is 2.65. The average Bonchev–Trinajstić information content (AvgIpc) is 2.48. The van der Waals surface area contributed by atoms with Gasteiger partial charge in [0.2, 0.25) is 5.88 Å². The molecule has 0 unspecified atom stereocenters. The summed E-state index contributed by atoms with van der Waals surface area (Å²) in [6.45, 7) is 4.27. The van der Waals surface area contributed by atoms with Crippen LogP contribution < -0.4 is 10.5 Å². The van der Waals surface area contributed by atoms with Crippen molar-refractivity contribution in [3.05, 3.63) is 54.4 Å². The molecular weight excluding hydrogens is 262 g/mol. The number of hydrogen-bond donors (Lipinski definition) is 1. The molecule has 21 heavy (non-hydrogen) atoms. The van der Waals surface area contributed by atoms with Gasteiger partial charge in [-0.3, -0.25) is 0 Å². The van der Waals surface area contributed by atoms with Crippen LogP contribution in [0.5, 0.6) is 11.6 Å². The van der Waals surface area contributed by atoms with Gasteiger partial charge in [0.05, 0.1) is 10.9 Å². The first-order valence-corrected chi connectivity index (χ1v) is 6.92. The van der Waals surface area contributed by atoms with Crippen molar-refractivity contribution in [3.63, 3.8) is 0 Å². The minimum atomic E-state index is 0.374. The van der Waals surface area contributed by atoms with Crippen molar-refractivity contribution in [3.8, 4) is 11.6 Å². The van der Waals surface area contributed by atoms with Crippen LogP contribution in [0, 0.1) is 0 Å². The first-order valence-electron chi connectivity index (χ1n) is 6.92. The second-order valence-electron chi connectivity index (χ2n) is 5.25. The minimum Gasteiger partial charge on any atom is -0.438 e. The summed E-state index contributed by atoms with van der Waals surface area (Å²) < 4.78 is 6.03. The zero-order chi connectivity index (χ0) is 14.8. The molecule has 0 saturated carbocycles. The molecule has 0 aliphatic rings. The molecule has 3 rings (SSSR count). The molecule has 4 heteroatoms. The van der Waals surface area contributed by atoms with Crippen LogP contribution in [0.15, 0.2) is 48.8 Å². The van der Waals surface area contributed by atoms with Crippen LogP contribution in [0.3, 0.4) is 0 Å². The van der Waals surface area contributed by atoms with E-state index < -0.39 is 0 Å². The Kier molecular flexibility index (Phi) is 3.44. The van der Waals surface area contributed by atoms with E-state index in [-0.39, 0.29) is 0 Å². The Morgan fingerprint density at radius 1 is 1.05 bits per heavy atom. The van der Waals surface area contributed by atoms with Gasteiger partial charge in [-0.05, 0) is 35.7 Å². The Morgan fingerprint density at radius 2 is 1.86 bits per heavy atom. The highest BCUT2D eigenvalue weighted by Gasteiger charge is 2.11. The number of hydrogen-bond acceptors (Lipinski definition) is 4. The largest absolute Gasteiger partial charge is 0.438 e. The molecule has 3 aromatic rings. The molecule has 4 nitrogen and oxygen atoms in total. The lowest BCUT2D eigenvalue weighted by Crippen LogP contribution is -1.97. The van der Waals surface area contributed by atoms with Gasteiger partial charge >= 0.3 is 0 Å². The van der Waals surface area contributed by atoms with Gasteiger partial charge in [0.1, 0.15) is 12.1 Å². The van der Waals surface area contributed by atoms with Crippen molar-refractivity contribution in [2.75, 3.05) is 5.73 Å². The molecule has 0 aliphatic heterocycles. The molecule has 0 fully saturated rings. The smallest absolute Gasteiger partial charge is 0.230 e. The molecule has 106 valence electrons. The zero-order valence-electron chi connectivity index (χ0n) is 12.1. The third-order valence-corrected chi connectivity index (χ3v) is 3.37. The highest BCUT2D eigenvalue weighted by atomic mass is 16.5. The number of nitrogens with zero attached hydrogens (tertiary/aromatic N) is 2. The van der Waals surface area contributed by atoms with Gasteiger partial charge in [0, 0.05) is 5.69 Å². The van der Waals surface area contributed by atoms with Crippen LogP contribution in [0.2, 0.25) is 0 Å². The molecule has 0 aliphatic carbocycles. The fourth-order valence-electron chi connectivity index (χ4n) is 2.29. The lowest BCUT2D eigenvalue weighted by atomic mass is 10.0. The first-order chi connectivity index (χ1) is 10.1. The summed E-state index contributed by atoms with van der Waals surface area (Å²) in [6.07, 6.45) is 1.51. The van der Waals surface area contributed by atoms with E-state index in [4.69, 9.17) is 10.5 Å². The van der Waals surface area contributed by atoms with Gasteiger partial charge < -0.3 is 10.5 Å². The summed E-state index contributed by atoms with van der Waals surface area (Å²) >= 11 is 0. The Bertz CT molecular complexity index is 784. The van der Waals surface area contributed by atoms with E-state index in [0.29, 0.717) is 17.5 Å².